The van der Waals surface area contributed by atoms with Gasteiger partial charge in [-0.3, -0.25) is 0 Å². The topological polar surface area (TPSA) is 28.2 Å². The molecule has 3 nitrogen and oxygen atoms in total. The summed E-state index contributed by atoms with van der Waals surface area (Å²) in [6.45, 7) is 8.00. The van der Waals surface area contributed by atoms with E-state index in [0.717, 1.165) is 17.2 Å². The SMILES string of the molecule is Cc1ccc2sc(NC(C)CN3CCCCC3)nc2c1. The Hall–Kier alpha value is -1.13. The van der Waals surface area contributed by atoms with E-state index in [1.54, 1.807) is 11.3 Å². The number of hydrogen-bond acceptors (Lipinski definition) is 4. The molecule has 1 fully saturated rings. The smallest absolute Gasteiger partial charge is 0.184 e. The van der Waals surface area contributed by atoms with Crippen molar-refractivity contribution in [1.29, 1.82) is 0 Å². The molecule has 1 aromatic heterocycles. The summed E-state index contributed by atoms with van der Waals surface area (Å²) < 4.78 is 1.27. The van der Waals surface area contributed by atoms with Gasteiger partial charge in [-0.1, -0.05) is 23.8 Å². The Bertz CT molecular complexity index is 572. The standard InChI is InChI=1S/C16H23N3S/c1-12-6-7-15-14(10-12)18-16(20-15)17-13(2)11-19-8-4-3-5-9-19/h6-7,10,13H,3-5,8-9,11H2,1-2H3,(H,17,18). The molecule has 0 bridgehead atoms. The van der Waals surface area contributed by atoms with Crippen LogP contribution in [-0.2, 0) is 0 Å². The van der Waals surface area contributed by atoms with Crippen molar-refractivity contribution in [2.75, 3.05) is 25.0 Å². The van der Waals surface area contributed by atoms with Crippen LogP contribution in [0.15, 0.2) is 18.2 Å². The molecule has 1 aliphatic heterocycles. The number of benzene rings is 1. The number of nitrogens with one attached hydrogen (secondary N) is 1. The molecule has 1 aliphatic rings. The van der Waals surface area contributed by atoms with Gasteiger partial charge in [0.1, 0.15) is 0 Å². The van der Waals surface area contributed by atoms with Gasteiger partial charge in [-0.05, 0) is 57.5 Å². The molecule has 0 spiro atoms. The summed E-state index contributed by atoms with van der Waals surface area (Å²) in [6, 6.07) is 6.94. The highest BCUT2D eigenvalue weighted by molar-refractivity contribution is 7.22. The number of fused-ring (bicyclic) bond motifs is 1. The van der Waals surface area contributed by atoms with Crippen molar-refractivity contribution in [3.05, 3.63) is 23.8 Å². The molecule has 2 aromatic rings. The first-order chi connectivity index (χ1) is 9.70. The van der Waals surface area contributed by atoms with E-state index in [4.69, 9.17) is 4.98 Å². The maximum atomic E-state index is 4.70. The van der Waals surface area contributed by atoms with E-state index < -0.39 is 0 Å². The Morgan fingerprint density at radius 1 is 1.30 bits per heavy atom. The zero-order valence-corrected chi connectivity index (χ0v) is 13.2. The Morgan fingerprint density at radius 3 is 2.90 bits per heavy atom. The summed E-state index contributed by atoms with van der Waals surface area (Å²) in [6.07, 6.45) is 4.11. The average Bonchev–Trinajstić information content (AvgIpc) is 2.80. The van der Waals surface area contributed by atoms with Crippen LogP contribution in [0.25, 0.3) is 10.2 Å². The van der Waals surface area contributed by atoms with Crippen LogP contribution < -0.4 is 5.32 Å². The Balaban J connectivity index is 1.63. The Labute approximate surface area is 125 Å². The fourth-order valence-corrected chi connectivity index (χ4v) is 3.84. The minimum absolute atomic E-state index is 0.453. The number of aryl methyl sites for hydroxylation is 1. The van der Waals surface area contributed by atoms with Crippen molar-refractivity contribution in [3.8, 4) is 0 Å². The van der Waals surface area contributed by atoms with Crippen LogP contribution >= 0.6 is 11.3 Å². The van der Waals surface area contributed by atoms with E-state index in [1.165, 1.54) is 42.6 Å². The predicted octanol–water partition coefficient (Wildman–Crippen LogP) is 3.89. The molecular weight excluding hydrogens is 266 g/mol. The number of thiazole rings is 1. The maximum Gasteiger partial charge on any atom is 0.184 e. The molecule has 0 saturated carbocycles. The molecule has 0 radical (unpaired) electrons. The van der Waals surface area contributed by atoms with Gasteiger partial charge in [-0.25, -0.2) is 4.98 Å². The summed E-state index contributed by atoms with van der Waals surface area (Å²) in [7, 11) is 0. The van der Waals surface area contributed by atoms with Crippen LogP contribution in [-0.4, -0.2) is 35.6 Å². The average molecular weight is 289 g/mol. The summed E-state index contributed by atoms with van der Waals surface area (Å²) in [5.41, 5.74) is 2.39. The number of nitrogens with zero attached hydrogens (tertiary/aromatic N) is 2. The molecule has 0 amide bonds. The third kappa shape index (κ3) is 3.30. The molecule has 2 heterocycles. The van der Waals surface area contributed by atoms with Gasteiger partial charge in [0, 0.05) is 12.6 Å². The Kier molecular flexibility index (Phi) is 4.22. The van der Waals surface area contributed by atoms with Crippen molar-refractivity contribution >= 4 is 26.7 Å². The predicted molar refractivity (Wildman–Crippen MR) is 87.7 cm³/mol. The summed E-state index contributed by atoms with van der Waals surface area (Å²) in [4.78, 5) is 7.26. The van der Waals surface area contributed by atoms with Gasteiger partial charge in [-0.2, -0.15) is 0 Å². The molecule has 20 heavy (non-hydrogen) atoms. The molecular formula is C16H23N3S. The minimum atomic E-state index is 0.453. The van der Waals surface area contributed by atoms with Crippen LogP contribution in [0.5, 0.6) is 0 Å². The lowest BCUT2D eigenvalue weighted by Gasteiger charge is -2.29. The van der Waals surface area contributed by atoms with Crippen LogP contribution in [0.1, 0.15) is 31.7 Å². The fourth-order valence-electron chi connectivity index (χ4n) is 2.88. The van der Waals surface area contributed by atoms with E-state index in [9.17, 15) is 0 Å². The second-order valence-electron chi connectivity index (χ2n) is 5.90. The summed E-state index contributed by atoms with van der Waals surface area (Å²) in [5, 5.41) is 4.61. The van der Waals surface area contributed by atoms with E-state index in [2.05, 4.69) is 42.3 Å². The van der Waals surface area contributed by atoms with Crippen molar-refractivity contribution in [2.45, 2.75) is 39.2 Å². The highest BCUT2D eigenvalue weighted by Gasteiger charge is 2.14. The quantitative estimate of drug-likeness (QED) is 0.925. The first-order valence-electron chi connectivity index (χ1n) is 7.57. The molecule has 0 aliphatic carbocycles. The molecule has 3 rings (SSSR count). The third-order valence-electron chi connectivity index (χ3n) is 3.89. The minimum Gasteiger partial charge on any atom is -0.358 e. The van der Waals surface area contributed by atoms with Gasteiger partial charge in [0.05, 0.1) is 10.2 Å². The lowest BCUT2D eigenvalue weighted by atomic mass is 10.1. The van der Waals surface area contributed by atoms with E-state index in [1.807, 2.05) is 0 Å². The van der Waals surface area contributed by atoms with Crippen LogP contribution in [0.3, 0.4) is 0 Å². The number of piperidine rings is 1. The summed E-state index contributed by atoms with van der Waals surface area (Å²) >= 11 is 1.76. The van der Waals surface area contributed by atoms with E-state index in [0.29, 0.717) is 6.04 Å². The lowest BCUT2D eigenvalue weighted by molar-refractivity contribution is 0.223. The van der Waals surface area contributed by atoms with Crippen molar-refractivity contribution in [1.82, 2.24) is 9.88 Å². The molecule has 1 saturated heterocycles. The second kappa shape index (κ2) is 6.10. The molecule has 1 unspecified atom stereocenters. The molecule has 4 heteroatoms. The van der Waals surface area contributed by atoms with Gasteiger partial charge in [-0.15, -0.1) is 0 Å². The number of rotatable bonds is 4. The van der Waals surface area contributed by atoms with E-state index in [-0.39, 0.29) is 0 Å². The molecule has 1 aromatic carbocycles. The van der Waals surface area contributed by atoms with Gasteiger partial charge in [0.25, 0.3) is 0 Å². The highest BCUT2D eigenvalue weighted by Crippen LogP contribution is 2.27. The van der Waals surface area contributed by atoms with Gasteiger partial charge in [0.15, 0.2) is 5.13 Å². The molecule has 1 atom stereocenters. The fraction of sp³-hybridized carbons (Fsp3) is 0.562. The zero-order valence-electron chi connectivity index (χ0n) is 12.4. The molecule has 108 valence electrons. The van der Waals surface area contributed by atoms with Gasteiger partial charge in [0.2, 0.25) is 0 Å². The van der Waals surface area contributed by atoms with Gasteiger partial charge >= 0.3 is 0 Å². The summed E-state index contributed by atoms with van der Waals surface area (Å²) in [5.74, 6) is 0. The van der Waals surface area contributed by atoms with Crippen LogP contribution in [0, 0.1) is 6.92 Å². The number of anilines is 1. The van der Waals surface area contributed by atoms with Crippen molar-refractivity contribution in [2.24, 2.45) is 0 Å². The van der Waals surface area contributed by atoms with Gasteiger partial charge < -0.3 is 10.2 Å². The van der Waals surface area contributed by atoms with E-state index >= 15 is 0 Å². The third-order valence-corrected chi connectivity index (χ3v) is 4.86. The zero-order chi connectivity index (χ0) is 13.9. The number of aromatic nitrogens is 1. The number of hydrogen-bond donors (Lipinski definition) is 1. The monoisotopic (exact) mass is 289 g/mol. The van der Waals surface area contributed by atoms with Crippen LogP contribution in [0.4, 0.5) is 5.13 Å². The number of likely N-dealkylation sites (tertiary alicyclic amines) is 1. The first-order valence-corrected chi connectivity index (χ1v) is 8.38. The lowest BCUT2D eigenvalue weighted by Crippen LogP contribution is -2.38. The maximum absolute atomic E-state index is 4.70. The van der Waals surface area contributed by atoms with Crippen molar-refractivity contribution in [3.63, 3.8) is 0 Å². The second-order valence-corrected chi connectivity index (χ2v) is 6.93. The van der Waals surface area contributed by atoms with Crippen LogP contribution in [0.2, 0.25) is 0 Å². The Morgan fingerprint density at radius 2 is 2.10 bits per heavy atom. The molecule has 1 N–H and O–H groups in total. The normalized spacial score (nSPS) is 18.3. The first kappa shape index (κ1) is 13.8. The van der Waals surface area contributed by atoms with Crippen molar-refractivity contribution < 1.29 is 0 Å². The largest absolute Gasteiger partial charge is 0.358 e. The highest BCUT2D eigenvalue weighted by atomic mass is 32.1.